The van der Waals surface area contributed by atoms with Crippen LogP contribution in [0.15, 0.2) is 57.5 Å². The van der Waals surface area contributed by atoms with E-state index in [1.807, 2.05) is 6.07 Å². The Morgan fingerprint density at radius 2 is 1.86 bits per heavy atom. The summed E-state index contributed by atoms with van der Waals surface area (Å²) in [5, 5.41) is 9.39. The molecule has 1 aliphatic rings. The van der Waals surface area contributed by atoms with Crippen molar-refractivity contribution in [1.82, 2.24) is 4.57 Å². The van der Waals surface area contributed by atoms with Crippen LogP contribution in [0.4, 0.5) is 0 Å². The normalized spacial score (nSPS) is 14.3. The number of carbonyl (C=O) groups excluding carboxylic acids is 2. The van der Waals surface area contributed by atoms with Crippen LogP contribution in [0.5, 0.6) is 17.2 Å². The summed E-state index contributed by atoms with van der Waals surface area (Å²) in [5.74, 6) is -0.216. The Morgan fingerprint density at radius 3 is 2.56 bits per heavy atom. The van der Waals surface area contributed by atoms with Crippen molar-refractivity contribution in [2.24, 2.45) is 4.99 Å². The van der Waals surface area contributed by atoms with Crippen LogP contribution in [-0.4, -0.2) is 50.0 Å². The molecule has 4 rings (SSSR count). The van der Waals surface area contributed by atoms with E-state index in [2.05, 4.69) is 9.73 Å². The van der Waals surface area contributed by atoms with E-state index >= 15 is 0 Å². The summed E-state index contributed by atoms with van der Waals surface area (Å²) >= 11 is 7.35. The fourth-order valence-electron chi connectivity index (χ4n) is 4.40. The highest BCUT2D eigenvalue weighted by Crippen LogP contribution is 2.36. The molecular formula is C30H28ClN3O8S. The van der Waals surface area contributed by atoms with Gasteiger partial charge in [-0.3, -0.25) is 9.36 Å². The molecule has 13 heteroatoms. The molecule has 2 heterocycles. The monoisotopic (exact) mass is 625 g/mol. The topological polar surface area (TPSA) is 138 Å². The standard InChI is InChI=1S/C30H28ClN3O8S/c1-5-39-23-14-18(7-9-22(23)42-16-25(35)38-4)27-26(29(37)40-6-2)17(3)33-30-34(27)28(36)24(43-30)15-19-13-20(31)8-10-21(19)41-12-11-32/h7-10,13-15,27H,5-6,12,16H2,1-4H3/b24-15+/t27-/m0/s1. The Kier molecular flexibility index (Phi) is 10.2. The predicted molar refractivity (Wildman–Crippen MR) is 158 cm³/mol. The SMILES string of the molecule is CCOC(=O)C1=C(C)N=c2s/c(=C/c3cc(Cl)ccc3OCC#N)c(=O)n2[C@H]1c1ccc(OCC(=O)OC)c(OCC)c1. The molecule has 1 aromatic heterocycles. The summed E-state index contributed by atoms with van der Waals surface area (Å²) in [7, 11) is 1.26. The molecule has 1 atom stereocenters. The van der Waals surface area contributed by atoms with Crippen molar-refractivity contribution in [2.75, 3.05) is 33.5 Å². The zero-order valence-corrected chi connectivity index (χ0v) is 25.4. The first-order chi connectivity index (χ1) is 20.7. The Hall–Kier alpha value is -4.60. The second kappa shape index (κ2) is 14.0. The molecule has 0 bridgehead atoms. The van der Waals surface area contributed by atoms with E-state index in [0.29, 0.717) is 42.7 Å². The number of rotatable bonds is 11. The minimum atomic E-state index is -0.917. The van der Waals surface area contributed by atoms with Crippen LogP contribution < -0.4 is 29.1 Å². The highest BCUT2D eigenvalue weighted by atomic mass is 35.5. The number of hydrogen-bond acceptors (Lipinski definition) is 11. The number of hydrogen-bond donors (Lipinski definition) is 0. The van der Waals surface area contributed by atoms with Crippen molar-refractivity contribution in [3.63, 3.8) is 0 Å². The summed E-state index contributed by atoms with van der Waals surface area (Å²) in [6, 6.07) is 10.8. The van der Waals surface area contributed by atoms with Gasteiger partial charge in [0.25, 0.3) is 5.56 Å². The number of thiazole rings is 1. The van der Waals surface area contributed by atoms with Crippen molar-refractivity contribution in [3.05, 3.63) is 83.5 Å². The van der Waals surface area contributed by atoms with Crippen LogP contribution in [-0.2, 0) is 19.1 Å². The minimum Gasteiger partial charge on any atom is -0.490 e. The van der Waals surface area contributed by atoms with Gasteiger partial charge >= 0.3 is 11.9 Å². The lowest BCUT2D eigenvalue weighted by molar-refractivity contribution is -0.143. The summed E-state index contributed by atoms with van der Waals surface area (Å²) in [4.78, 5) is 43.9. The lowest BCUT2D eigenvalue weighted by Gasteiger charge is -2.25. The summed E-state index contributed by atoms with van der Waals surface area (Å²) in [6.07, 6.45) is 1.61. The third kappa shape index (κ3) is 6.90. The molecular weight excluding hydrogens is 598 g/mol. The molecule has 0 radical (unpaired) electrons. The zero-order valence-electron chi connectivity index (χ0n) is 23.8. The average molecular weight is 626 g/mol. The third-order valence-electron chi connectivity index (χ3n) is 6.22. The number of methoxy groups -OCH3 is 1. The molecule has 0 saturated carbocycles. The molecule has 43 heavy (non-hydrogen) atoms. The molecule has 0 N–H and O–H groups in total. The van der Waals surface area contributed by atoms with Gasteiger partial charge in [0.15, 0.2) is 29.5 Å². The molecule has 0 aliphatic carbocycles. The first-order valence-corrected chi connectivity index (χ1v) is 14.4. The van der Waals surface area contributed by atoms with Gasteiger partial charge in [-0.1, -0.05) is 29.0 Å². The van der Waals surface area contributed by atoms with Crippen LogP contribution in [0, 0.1) is 11.3 Å². The smallest absolute Gasteiger partial charge is 0.343 e. The van der Waals surface area contributed by atoms with Gasteiger partial charge in [-0.15, -0.1) is 0 Å². The molecule has 0 unspecified atom stereocenters. The number of esters is 2. The van der Waals surface area contributed by atoms with Gasteiger partial charge in [-0.25, -0.2) is 14.6 Å². The number of nitriles is 1. The van der Waals surface area contributed by atoms with Crippen molar-refractivity contribution >= 4 is 41.0 Å². The second-order valence-corrected chi connectivity index (χ2v) is 10.4. The van der Waals surface area contributed by atoms with Gasteiger partial charge in [0.2, 0.25) is 0 Å². The highest BCUT2D eigenvalue weighted by Gasteiger charge is 2.34. The largest absolute Gasteiger partial charge is 0.490 e. The van der Waals surface area contributed by atoms with Crippen LogP contribution in [0.25, 0.3) is 6.08 Å². The van der Waals surface area contributed by atoms with Crippen molar-refractivity contribution in [3.8, 4) is 23.3 Å². The zero-order chi connectivity index (χ0) is 31.1. The summed E-state index contributed by atoms with van der Waals surface area (Å²) in [5.41, 5.74) is 1.18. The molecule has 0 spiro atoms. The van der Waals surface area contributed by atoms with Gasteiger partial charge < -0.3 is 23.7 Å². The molecule has 0 fully saturated rings. The van der Waals surface area contributed by atoms with Gasteiger partial charge in [0, 0.05) is 10.6 Å². The maximum absolute atomic E-state index is 14.0. The number of ether oxygens (including phenoxy) is 5. The number of aromatic nitrogens is 1. The van der Waals surface area contributed by atoms with Crippen LogP contribution in [0.2, 0.25) is 5.02 Å². The quantitative estimate of drug-likeness (QED) is 0.294. The van der Waals surface area contributed by atoms with E-state index in [0.717, 1.165) is 11.3 Å². The first kappa shape index (κ1) is 31.3. The number of halogens is 1. The molecule has 224 valence electrons. The molecule has 2 aromatic carbocycles. The highest BCUT2D eigenvalue weighted by molar-refractivity contribution is 7.07. The van der Waals surface area contributed by atoms with Crippen molar-refractivity contribution in [2.45, 2.75) is 26.8 Å². The maximum Gasteiger partial charge on any atom is 0.343 e. The van der Waals surface area contributed by atoms with Gasteiger partial charge in [-0.05, 0) is 62.7 Å². The summed E-state index contributed by atoms with van der Waals surface area (Å²) in [6.45, 7) is 5.05. The molecule has 3 aromatic rings. The Labute approximate surface area is 255 Å². The van der Waals surface area contributed by atoms with Gasteiger partial charge in [0.05, 0.1) is 42.2 Å². The van der Waals surface area contributed by atoms with E-state index in [4.69, 9.17) is 35.8 Å². The van der Waals surface area contributed by atoms with Crippen molar-refractivity contribution < 1.29 is 33.3 Å². The fourth-order valence-corrected chi connectivity index (χ4v) is 5.62. The van der Waals surface area contributed by atoms with Gasteiger partial charge in [-0.2, -0.15) is 5.26 Å². The number of allylic oxidation sites excluding steroid dienone is 1. The number of nitrogens with zero attached hydrogens (tertiary/aromatic N) is 3. The van der Waals surface area contributed by atoms with Crippen LogP contribution in [0.1, 0.15) is 37.9 Å². The van der Waals surface area contributed by atoms with Crippen LogP contribution >= 0.6 is 22.9 Å². The third-order valence-corrected chi connectivity index (χ3v) is 7.44. The molecule has 0 amide bonds. The maximum atomic E-state index is 14.0. The molecule has 1 aliphatic heterocycles. The first-order valence-electron chi connectivity index (χ1n) is 13.2. The number of fused-ring (bicyclic) bond motifs is 1. The average Bonchev–Trinajstić information content (AvgIpc) is 3.29. The van der Waals surface area contributed by atoms with E-state index in [1.165, 1.54) is 11.7 Å². The number of benzene rings is 2. The molecule has 11 nitrogen and oxygen atoms in total. The van der Waals surface area contributed by atoms with E-state index < -0.39 is 23.5 Å². The van der Waals surface area contributed by atoms with E-state index in [9.17, 15) is 14.4 Å². The predicted octanol–water partition coefficient (Wildman–Crippen LogP) is 3.30. The van der Waals surface area contributed by atoms with Crippen molar-refractivity contribution in [1.29, 1.82) is 5.26 Å². The fraction of sp³-hybridized carbons (Fsp3) is 0.300. The van der Waals surface area contributed by atoms with Gasteiger partial charge in [0.1, 0.15) is 11.8 Å². The van der Waals surface area contributed by atoms with Crippen LogP contribution in [0.3, 0.4) is 0 Å². The van der Waals surface area contributed by atoms with E-state index in [1.54, 1.807) is 63.2 Å². The van der Waals surface area contributed by atoms with E-state index in [-0.39, 0.29) is 37.8 Å². The lowest BCUT2D eigenvalue weighted by atomic mass is 9.95. The Bertz CT molecular complexity index is 1800. The Morgan fingerprint density at radius 1 is 1.09 bits per heavy atom. The summed E-state index contributed by atoms with van der Waals surface area (Å²) < 4.78 is 28.7. The molecule has 0 saturated heterocycles. The number of carbonyl (C=O) groups is 2. The lowest BCUT2D eigenvalue weighted by Crippen LogP contribution is -2.40. The Balaban J connectivity index is 1.91. The minimum absolute atomic E-state index is 0.123. The second-order valence-electron chi connectivity index (χ2n) is 8.94.